The van der Waals surface area contributed by atoms with E-state index in [4.69, 9.17) is 20.9 Å². The Hall–Kier alpha value is -2.16. The smallest absolute Gasteiger partial charge is 0.267 e. The molecule has 0 saturated carbocycles. The van der Waals surface area contributed by atoms with Crippen LogP contribution in [0.1, 0.15) is 24.8 Å². The van der Waals surface area contributed by atoms with Crippen molar-refractivity contribution in [3.63, 3.8) is 0 Å². The minimum absolute atomic E-state index is 0.0456. The first kappa shape index (κ1) is 15.2. The number of hydrogen-bond acceptors (Lipinski definition) is 4. The largest absolute Gasteiger partial charge is 0.494 e. The minimum Gasteiger partial charge on any atom is -0.494 e. The lowest BCUT2D eigenvalue weighted by Gasteiger charge is -2.23. The maximum Gasteiger partial charge on any atom is 0.267 e. The van der Waals surface area contributed by atoms with Crippen LogP contribution in [0.3, 0.4) is 0 Å². The molecule has 108 valence electrons. The number of rotatable bonds is 5. The third-order valence-electron chi connectivity index (χ3n) is 4.06. The first-order chi connectivity index (χ1) is 10.2. The van der Waals surface area contributed by atoms with E-state index < -0.39 is 0 Å². The Morgan fingerprint density at radius 3 is 2.57 bits per heavy atom. The summed E-state index contributed by atoms with van der Waals surface area (Å²) in [5.41, 5.74) is 7.42. The molecular formula is C15H19BN4O. The van der Waals surface area contributed by atoms with Crippen LogP contribution in [-0.2, 0) is 0 Å². The molecule has 0 spiro atoms. The quantitative estimate of drug-likeness (QED) is 0.372. The summed E-state index contributed by atoms with van der Waals surface area (Å²) in [5.74, 6) is 3.76. The van der Waals surface area contributed by atoms with E-state index in [0.29, 0.717) is 18.1 Å². The summed E-state index contributed by atoms with van der Waals surface area (Å²) in [7, 11) is 0. The van der Waals surface area contributed by atoms with Gasteiger partial charge in [-0.2, -0.15) is 0 Å². The van der Waals surface area contributed by atoms with E-state index in [1.165, 1.54) is 0 Å². The molecule has 0 aromatic heterocycles. The van der Waals surface area contributed by atoms with Gasteiger partial charge in [0.25, 0.3) is 6.71 Å². The number of nitrogens with one attached hydrogen (secondary N) is 2. The normalized spacial score (nSPS) is 15.3. The molecule has 1 fully saturated rings. The standard InChI is InChI=1S/C15H19BN4O/c17-11-16-8-5-12(6-9-16)7-10-21-14-3-1-13(2-4-14)15(18)20-19/h1-4,12,18-19H,5-10H2. The third kappa shape index (κ3) is 4.42. The highest BCUT2D eigenvalue weighted by Crippen LogP contribution is 2.27. The van der Waals surface area contributed by atoms with Gasteiger partial charge in [0, 0.05) is 11.5 Å². The Bertz CT molecular complexity index is 530. The fourth-order valence-corrected chi connectivity index (χ4v) is 2.70. The summed E-state index contributed by atoms with van der Waals surface area (Å²) in [6.45, 7) is 0.939. The SMILES string of the molecule is N#CB1CCC(CCOc2ccc(C(=N)N=N)cc2)CC1. The van der Waals surface area contributed by atoms with Gasteiger partial charge < -0.3 is 4.74 Å². The van der Waals surface area contributed by atoms with Crippen LogP contribution in [0.5, 0.6) is 5.75 Å². The molecule has 0 aliphatic carbocycles. The average molecular weight is 282 g/mol. The van der Waals surface area contributed by atoms with Crippen LogP contribution in [0.2, 0.25) is 12.6 Å². The van der Waals surface area contributed by atoms with Crippen LogP contribution >= 0.6 is 0 Å². The Morgan fingerprint density at radius 2 is 2.00 bits per heavy atom. The van der Waals surface area contributed by atoms with Crippen LogP contribution in [0.15, 0.2) is 29.4 Å². The molecular weight excluding hydrogens is 263 g/mol. The fourth-order valence-electron chi connectivity index (χ4n) is 2.70. The molecule has 5 nitrogen and oxygen atoms in total. The minimum atomic E-state index is -0.0456. The molecule has 0 unspecified atom stereocenters. The van der Waals surface area contributed by atoms with Gasteiger partial charge in [0.1, 0.15) is 5.75 Å². The van der Waals surface area contributed by atoms with E-state index in [1.807, 2.05) is 12.1 Å². The number of benzene rings is 1. The van der Waals surface area contributed by atoms with E-state index >= 15 is 0 Å². The predicted molar refractivity (Wildman–Crippen MR) is 82.2 cm³/mol. The maximum absolute atomic E-state index is 8.87. The predicted octanol–water partition coefficient (Wildman–Crippen LogP) is 3.78. The number of amidine groups is 1. The number of hydrogen-bond donors (Lipinski definition) is 2. The van der Waals surface area contributed by atoms with Crippen molar-refractivity contribution in [1.82, 2.24) is 0 Å². The molecule has 0 atom stereocenters. The molecule has 6 heteroatoms. The second-order valence-corrected chi connectivity index (χ2v) is 5.47. The fraction of sp³-hybridized carbons (Fsp3) is 0.467. The van der Waals surface area contributed by atoms with E-state index in [9.17, 15) is 0 Å². The second-order valence-electron chi connectivity index (χ2n) is 5.47. The van der Waals surface area contributed by atoms with E-state index in [0.717, 1.165) is 37.7 Å². The van der Waals surface area contributed by atoms with E-state index in [1.54, 1.807) is 12.1 Å². The lowest BCUT2D eigenvalue weighted by Crippen LogP contribution is -2.21. The van der Waals surface area contributed by atoms with Crippen LogP contribution in [0.25, 0.3) is 0 Å². The van der Waals surface area contributed by atoms with Gasteiger partial charge in [0.05, 0.1) is 6.61 Å². The zero-order valence-electron chi connectivity index (χ0n) is 12.0. The number of nitrogens with zero attached hydrogens (tertiary/aromatic N) is 2. The summed E-state index contributed by atoms with van der Waals surface area (Å²) >= 11 is 0. The molecule has 2 rings (SSSR count). The highest BCUT2D eigenvalue weighted by Gasteiger charge is 2.23. The molecule has 2 N–H and O–H groups in total. The Morgan fingerprint density at radius 1 is 1.33 bits per heavy atom. The van der Waals surface area contributed by atoms with Gasteiger partial charge in [-0.15, -0.1) is 5.11 Å². The van der Waals surface area contributed by atoms with Crippen molar-refractivity contribution >= 4 is 12.5 Å². The summed E-state index contributed by atoms with van der Waals surface area (Å²) in [4.78, 5) is 0. The molecule has 1 aromatic rings. The molecule has 0 amide bonds. The van der Waals surface area contributed by atoms with E-state index in [2.05, 4.69) is 11.1 Å². The average Bonchev–Trinajstić information content (AvgIpc) is 2.55. The van der Waals surface area contributed by atoms with Crippen molar-refractivity contribution in [2.75, 3.05) is 6.61 Å². The van der Waals surface area contributed by atoms with Crippen molar-refractivity contribution in [2.24, 2.45) is 11.0 Å². The van der Waals surface area contributed by atoms with Gasteiger partial charge in [-0.3, -0.25) is 5.41 Å². The van der Waals surface area contributed by atoms with Gasteiger partial charge in [-0.1, -0.05) is 25.5 Å². The molecule has 1 aliphatic rings. The third-order valence-corrected chi connectivity index (χ3v) is 4.06. The van der Waals surface area contributed by atoms with Gasteiger partial charge in [-0.05, 0) is 36.6 Å². The van der Waals surface area contributed by atoms with Crippen molar-refractivity contribution in [3.8, 4) is 11.7 Å². The zero-order chi connectivity index (χ0) is 15.1. The van der Waals surface area contributed by atoms with Gasteiger partial charge in [0.15, 0.2) is 5.84 Å². The van der Waals surface area contributed by atoms with E-state index in [-0.39, 0.29) is 12.5 Å². The summed E-state index contributed by atoms with van der Waals surface area (Å²) in [5, 5.41) is 19.4. The topological polar surface area (TPSA) is 93.1 Å². The van der Waals surface area contributed by atoms with Crippen LogP contribution in [-0.4, -0.2) is 19.2 Å². The van der Waals surface area contributed by atoms with Gasteiger partial charge in [-0.25, -0.2) is 10.8 Å². The summed E-state index contributed by atoms with van der Waals surface area (Å²) in [6.07, 6.45) is 5.33. The summed E-state index contributed by atoms with van der Waals surface area (Å²) in [6, 6.07) is 7.10. The van der Waals surface area contributed by atoms with Crippen molar-refractivity contribution in [3.05, 3.63) is 29.8 Å². The van der Waals surface area contributed by atoms with Crippen molar-refractivity contribution in [1.29, 1.82) is 16.2 Å². The Balaban J connectivity index is 1.73. The maximum atomic E-state index is 8.87. The molecule has 1 aliphatic heterocycles. The second kappa shape index (κ2) is 7.58. The monoisotopic (exact) mass is 282 g/mol. The lowest BCUT2D eigenvalue weighted by atomic mass is 9.41. The molecule has 1 heterocycles. The number of ether oxygens (including phenoxy) is 1. The zero-order valence-corrected chi connectivity index (χ0v) is 12.0. The van der Waals surface area contributed by atoms with Crippen LogP contribution < -0.4 is 4.74 Å². The first-order valence-corrected chi connectivity index (χ1v) is 7.31. The highest BCUT2D eigenvalue weighted by molar-refractivity contribution is 6.67. The molecule has 1 saturated heterocycles. The highest BCUT2D eigenvalue weighted by atomic mass is 16.5. The molecule has 1 aromatic carbocycles. The first-order valence-electron chi connectivity index (χ1n) is 7.31. The summed E-state index contributed by atoms with van der Waals surface area (Å²) < 4.78 is 5.72. The van der Waals surface area contributed by atoms with Crippen LogP contribution in [0, 0.1) is 28.1 Å². The molecule has 21 heavy (non-hydrogen) atoms. The van der Waals surface area contributed by atoms with Gasteiger partial charge >= 0.3 is 0 Å². The lowest BCUT2D eigenvalue weighted by molar-refractivity contribution is 0.269. The van der Waals surface area contributed by atoms with Crippen molar-refractivity contribution < 1.29 is 4.74 Å². The Kier molecular flexibility index (Phi) is 5.50. The van der Waals surface area contributed by atoms with Gasteiger partial charge in [0.2, 0.25) is 0 Å². The number of nitriles is 1. The molecule has 0 bridgehead atoms. The van der Waals surface area contributed by atoms with Crippen LogP contribution in [0.4, 0.5) is 0 Å². The van der Waals surface area contributed by atoms with Crippen molar-refractivity contribution in [2.45, 2.75) is 31.9 Å². The Labute approximate surface area is 125 Å². The molecule has 0 radical (unpaired) electrons.